The fourth-order valence-electron chi connectivity index (χ4n) is 1.95. The molecule has 7 nitrogen and oxygen atoms in total. The van der Waals surface area contributed by atoms with Crippen molar-refractivity contribution in [3.8, 4) is 5.75 Å². The van der Waals surface area contributed by atoms with E-state index in [0.717, 1.165) is 6.07 Å². The minimum atomic E-state index is -4.21. The number of nitrogens with one attached hydrogen (secondary N) is 1. The van der Waals surface area contributed by atoms with Gasteiger partial charge in [0, 0.05) is 5.56 Å². The van der Waals surface area contributed by atoms with Crippen molar-refractivity contribution in [2.45, 2.75) is 11.8 Å². The van der Waals surface area contributed by atoms with Crippen molar-refractivity contribution in [1.82, 2.24) is 4.72 Å². The summed E-state index contributed by atoms with van der Waals surface area (Å²) < 4.78 is 31.6. The van der Waals surface area contributed by atoms with Gasteiger partial charge in [0.25, 0.3) is 15.9 Å². The normalized spacial score (nSPS) is 10.9. The van der Waals surface area contributed by atoms with Gasteiger partial charge in [0.15, 0.2) is 0 Å². The number of hydrogen-bond acceptors (Lipinski definition) is 5. The summed E-state index contributed by atoms with van der Waals surface area (Å²) in [5, 5.41) is 9.18. The first-order valence-electron chi connectivity index (χ1n) is 6.97. The van der Waals surface area contributed by atoms with Crippen LogP contribution >= 0.6 is 0 Å². The Morgan fingerprint density at radius 1 is 1.12 bits per heavy atom. The molecule has 24 heavy (non-hydrogen) atoms. The van der Waals surface area contributed by atoms with Crippen LogP contribution in [0.4, 0.5) is 0 Å². The molecule has 0 aliphatic heterocycles. The highest BCUT2D eigenvalue weighted by molar-refractivity contribution is 7.90. The molecule has 1 amide bonds. The number of ether oxygens (including phenoxy) is 1. The fraction of sp³-hybridized carbons (Fsp3) is 0.125. The van der Waals surface area contributed by atoms with Crippen LogP contribution < -0.4 is 9.46 Å². The predicted octanol–water partition coefficient (Wildman–Crippen LogP) is 1.90. The Balaban J connectivity index is 2.34. The quantitative estimate of drug-likeness (QED) is 0.824. The van der Waals surface area contributed by atoms with E-state index in [9.17, 15) is 23.1 Å². The Kier molecular flexibility index (Phi) is 5.20. The summed E-state index contributed by atoms with van der Waals surface area (Å²) in [7, 11) is -4.21. The molecule has 2 aromatic carbocycles. The van der Waals surface area contributed by atoms with E-state index in [2.05, 4.69) is 0 Å². The molecule has 0 aliphatic carbocycles. The number of carbonyl (C=O) groups is 2. The van der Waals surface area contributed by atoms with Crippen molar-refractivity contribution in [1.29, 1.82) is 0 Å². The van der Waals surface area contributed by atoms with Crippen molar-refractivity contribution in [3.63, 3.8) is 0 Å². The third kappa shape index (κ3) is 3.90. The molecule has 0 aliphatic rings. The number of amides is 1. The molecule has 0 aromatic heterocycles. The third-order valence-corrected chi connectivity index (χ3v) is 4.38. The van der Waals surface area contributed by atoms with E-state index >= 15 is 0 Å². The highest BCUT2D eigenvalue weighted by Gasteiger charge is 2.22. The topological polar surface area (TPSA) is 110 Å². The molecule has 0 heterocycles. The van der Waals surface area contributed by atoms with Gasteiger partial charge in [-0.05, 0) is 37.3 Å². The number of carboxylic acid groups (broad SMARTS) is 1. The van der Waals surface area contributed by atoms with Crippen molar-refractivity contribution < 1.29 is 27.9 Å². The van der Waals surface area contributed by atoms with E-state index in [1.807, 2.05) is 4.72 Å². The van der Waals surface area contributed by atoms with Gasteiger partial charge in [-0.1, -0.05) is 18.2 Å². The van der Waals surface area contributed by atoms with Crippen LogP contribution in [0.25, 0.3) is 0 Å². The molecule has 0 radical (unpaired) electrons. The van der Waals surface area contributed by atoms with E-state index in [-0.39, 0.29) is 28.4 Å². The number of carbonyl (C=O) groups excluding carboxylic acids is 1. The van der Waals surface area contributed by atoms with Crippen LogP contribution in [0.2, 0.25) is 0 Å². The SMILES string of the molecule is CCOc1ccc(S(=O)(=O)NC(=O)c2ccccc2)cc1C(=O)O. The second-order valence-corrected chi connectivity index (χ2v) is 6.38. The Morgan fingerprint density at radius 2 is 1.79 bits per heavy atom. The molecule has 0 atom stereocenters. The smallest absolute Gasteiger partial charge is 0.339 e. The van der Waals surface area contributed by atoms with Crippen LogP contribution in [-0.4, -0.2) is 32.0 Å². The minimum Gasteiger partial charge on any atom is -0.493 e. The van der Waals surface area contributed by atoms with Crippen LogP contribution in [0.15, 0.2) is 53.4 Å². The van der Waals surface area contributed by atoms with Crippen molar-refractivity contribution in [3.05, 3.63) is 59.7 Å². The van der Waals surface area contributed by atoms with Gasteiger partial charge in [0.1, 0.15) is 11.3 Å². The Hall–Kier alpha value is -2.87. The van der Waals surface area contributed by atoms with Crippen LogP contribution in [0.5, 0.6) is 5.75 Å². The van der Waals surface area contributed by atoms with E-state index < -0.39 is 21.9 Å². The first-order chi connectivity index (χ1) is 11.3. The highest BCUT2D eigenvalue weighted by atomic mass is 32.2. The summed E-state index contributed by atoms with van der Waals surface area (Å²) >= 11 is 0. The van der Waals surface area contributed by atoms with Crippen molar-refractivity contribution in [2.24, 2.45) is 0 Å². The van der Waals surface area contributed by atoms with Crippen molar-refractivity contribution >= 4 is 21.9 Å². The van der Waals surface area contributed by atoms with E-state index in [1.165, 1.54) is 24.3 Å². The second kappa shape index (κ2) is 7.14. The largest absolute Gasteiger partial charge is 0.493 e. The molecule has 2 rings (SSSR count). The van der Waals surface area contributed by atoms with Crippen LogP contribution in [0.1, 0.15) is 27.6 Å². The average Bonchev–Trinajstić information content (AvgIpc) is 2.55. The van der Waals surface area contributed by atoms with Gasteiger partial charge in [-0.25, -0.2) is 17.9 Å². The maximum absolute atomic E-state index is 12.3. The molecule has 0 fully saturated rings. The zero-order chi connectivity index (χ0) is 17.7. The molecule has 2 aromatic rings. The summed E-state index contributed by atoms with van der Waals surface area (Å²) in [4.78, 5) is 22.9. The predicted molar refractivity (Wildman–Crippen MR) is 85.7 cm³/mol. The monoisotopic (exact) mass is 349 g/mol. The molecule has 0 bridgehead atoms. The molecule has 126 valence electrons. The number of carboxylic acids is 1. The van der Waals surface area contributed by atoms with E-state index in [0.29, 0.717) is 0 Å². The van der Waals surface area contributed by atoms with Gasteiger partial charge in [0.05, 0.1) is 11.5 Å². The molecule has 8 heteroatoms. The maximum Gasteiger partial charge on any atom is 0.339 e. The van der Waals surface area contributed by atoms with Gasteiger partial charge in [-0.2, -0.15) is 0 Å². The lowest BCUT2D eigenvalue weighted by Crippen LogP contribution is -2.30. The van der Waals surface area contributed by atoms with Gasteiger partial charge in [-0.3, -0.25) is 4.79 Å². The summed E-state index contributed by atoms with van der Waals surface area (Å²) in [5.41, 5.74) is -0.127. The molecular formula is C16H15NO6S. The summed E-state index contributed by atoms with van der Waals surface area (Å²) in [6.07, 6.45) is 0. The molecule has 0 unspecified atom stereocenters. The van der Waals surface area contributed by atoms with Crippen LogP contribution in [-0.2, 0) is 10.0 Å². The maximum atomic E-state index is 12.3. The van der Waals surface area contributed by atoms with Gasteiger partial charge in [0.2, 0.25) is 0 Å². The van der Waals surface area contributed by atoms with Gasteiger partial charge in [-0.15, -0.1) is 0 Å². The third-order valence-electron chi connectivity index (χ3n) is 3.05. The lowest BCUT2D eigenvalue weighted by atomic mass is 10.2. The average molecular weight is 349 g/mol. The fourth-order valence-corrected chi connectivity index (χ4v) is 2.95. The first-order valence-corrected chi connectivity index (χ1v) is 8.46. The lowest BCUT2D eigenvalue weighted by molar-refractivity contribution is 0.0692. The zero-order valence-corrected chi connectivity index (χ0v) is 13.5. The number of rotatable bonds is 6. The Labute approximate surface area is 138 Å². The molecule has 2 N–H and O–H groups in total. The van der Waals surface area contributed by atoms with E-state index in [4.69, 9.17) is 4.74 Å². The number of benzene rings is 2. The molecule has 0 spiro atoms. The number of sulfonamides is 1. The summed E-state index contributed by atoms with van der Waals surface area (Å²) in [6, 6.07) is 11.2. The van der Waals surface area contributed by atoms with Crippen LogP contribution in [0.3, 0.4) is 0 Å². The molecular weight excluding hydrogens is 334 g/mol. The summed E-state index contributed by atoms with van der Waals surface area (Å²) in [6.45, 7) is 1.91. The van der Waals surface area contributed by atoms with Gasteiger partial charge >= 0.3 is 5.97 Å². The summed E-state index contributed by atoms with van der Waals surface area (Å²) in [5.74, 6) is -2.08. The van der Waals surface area contributed by atoms with Crippen LogP contribution in [0, 0.1) is 0 Å². The van der Waals surface area contributed by atoms with E-state index in [1.54, 1.807) is 25.1 Å². The lowest BCUT2D eigenvalue weighted by Gasteiger charge is -2.11. The Morgan fingerprint density at radius 3 is 2.38 bits per heavy atom. The Bertz CT molecular complexity index is 861. The number of aromatic carboxylic acids is 1. The highest BCUT2D eigenvalue weighted by Crippen LogP contribution is 2.23. The first kappa shape index (κ1) is 17.5. The standard InChI is InChI=1S/C16H15NO6S/c1-2-23-14-9-8-12(10-13(14)16(19)20)24(21,22)17-15(18)11-6-4-3-5-7-11/h3-10H,2H2,1H3,(H,17,18)(H,19,20). The van der Waals surface area contributed by atoms with Gasteiger partial charge < -0.3 is 9.84 Å². The molecule has 0 saturated carbocycles. The zero-order valence-electron chi connectivity index (χ0n) is 12.7. The number of hydrogen-bond donors (Lipinski definition) is 2. The second-order valence-electron chi connectivity index (χ2n) is 4.70. The molecule has 0 saturated heterocycles. The minimum absolute atomic E-state index is 0.0540. The van der Waals surface area contributed by atoms with Crippen molar-refractivity contribution in [2.75, 3.05) is 6.61 Å².